The van der Waals surface area contributed by atoms with E-state index < -0.39 is 6.04 Å². The van der Waals surface area contributed by atoms with Crippen LogP contribution in [0.3, 0.4) is 0 Å². The van der Waals surface area contributed by atoms with E-state index in [0.29, 0.717) is 57.9 Å². The highest BCUT2D eigenvalue weighted by Gasteiger charge is 2.37. The summed E-state index contributed by atoms with van der Waals surface area (Å²) >= 11 is 11.7. The fourth-order valence-corrected chi connectivity index (χ4v) is 7.67. The van der Waals surface area contributed by atoms with Crippen LogP contribution in [-0.4, -0.2) is 40.1 Å². The Morgan fingerprint density at radius 1 is 1.06 bits per heavy atom. The number of aromatic nitrogens is 3. The van der Waals surface area contributed by atoms with Gasteiger partial charge in [-0.15, -0.1) is 5.10 Å². The van der Waals surface area contributed by atoms with E-state index in [2.05, 4.69) is 33.4 Å². The number of hydrogen-bond acceptors (Lipinski definition) is 8. The number of benzene rings is 3. The number of thioether (sulfide) groups is 1. The highest BCUT2D eigenvalue weighted by molar-refractivity contribution is 9.10. The van der Waals surface area contributed by atoms with Gasteiger partial charge in [0.25, 0.3) is 0 Å². The molecule has 11 heteroatoms. The number of anilines is 1. The minimum atomic E-state index is -0.613. The van der Waals surface area contributed by atoms with Gasteiger partial charge in [0.2, 0.25) is 11.1 Å². The number of halogens is 2. The van der Waals surface area contributed by atoms with Crippen LogP contribution in [0.25, 0.3) is 0 Å². The van der Waals surface area contributed by atoms with E-state index >= 15 is 0 Å². The molecular weight excluding hydrogens is 700 g/mol. The fraction of sp³-hybridized carbons (Fsp3) is 0.361. The van der Waals surface area contributed by atoms with Gasteiger partial charge in [-0.2, -0.15) is 4.98 Å². The third-order valence-electron chi connectivity index (χ3n) is 8.32. The van der Waals surface area contributed by atoms with Crippen molar-refractivity contribution >= 4 is 51.2 Å². The molecule has 0 amide bonds. The van der Waals surface area contributed by atoms with Crippen LogP contribution in [0.2, 0.25) is 5.02 Å². The van der Waals surface area contributed by atoms with Gasteiger partial charge in [-0.05, 0) is 90.4 Å². The first-order valence-electron chi connectivity index (χ1n) is 16.1. The molecule has 8 nitrogen and oxygen atoms in total. The van der Waals surface area contributed by atoms with E-state index in [1.54, 1.807) is 4.68 Å². The number of carbonyl (C=O) groups is 1. The molecule has 1 unspecified atom stereocenters. The van der Waals surface area contributed by atoms with Gasteiger partial charge in [-0.3, -0.25) is 0 Å². The first-order chi connectivity index (χ1) is 22.9. The summed E-state index contributed by atoms with van der Waals surface area (Å²) in [5, 5.41) is 9.51. The smallest absolute Gasteiger partial charge is 0.338 e. The van der Waals surface area contributed by atoms with Gasteiger partial charge < -0.3 is 19.5 Å². The highest BCUT2D eigenvalue weighted by Crippen LogP contribution is 2.44. The maximum atomic E-state index is 14.0. The molecular formula is C36H38BrClN4O4S. The molecule has 0 radical (unpaired) electrons. The number of fused-ring (bicyclic) bond motifs is 1. The van der Waals surface area contributed by atoms with Crippen molar-refractivity contribution in [2.75, 3.05) is 18.5 Å². The van der Waals surface area contributed by atoms with E-state index in [9.17, 15) is 4.79 Å². The Morgan fingerprint density at radius 3 is 2.60 bits per heavy atom. The quantitative estimate of drug-likeness (QED) is 0.114. The Balaban J connectivity index is 1.34. The molecule has 6 rings (SSSR count). The van der Waals surface area contributed by atoms with Crippen LogP contribution < -0.4 is 14.8 Å². The van der Waals surface area contributed by atoms with Gasteiger partial charge >= 0.3 is 5.97 Å². The molecule has 1 atom stereocenters. The normalized spacial score (nSPS) is 16.4. The molecule has 0 spiro atoms. The van der Waals surface area contributed by atoms with E-state index in [0.717, 1.165) is 47.7 Å². The first kappa shape index (κ1) is 33.4. The van der Waals surface area contributed by atoms with Crippen LogP contribution in [-0.2, 0) is 21.7 Å². The predicted octanol–water partition coefficient (Wildman–Crippen LogP) is 9.17. The summed E-state index contributed by atoms with van der Waals surface area (Å²) in [6.45, 7) is 4.75. The Kier molecular flexibility index (Phi) is 11.1. The van der Waals surface area contributed by atoms with Gasteiger partial charge in [-0.1, -0.05) is 78.3 Å². The van der Waals surface area contributed by atoms with E-state index in [4.69, 9.17) is 35.9 Å². The van der Waals surface area contributed by atoms with Crippen molar-refractivity contribution in [3.05, 3.63) is 104 Å². The molecule has 0 saturated heterocycles. The van der Waals surface area contributed by atoms with Crippen LogP contribution in [0.15, 0.2) is 87.6 Å². The molecule has 1 aliphatic carbocycles. The molecule has 1 aromatic heterocycles. The number of allylic oxidation sites excluding steroid dienone is 1. The summed E-state index contributed by atoms with van der Waals surface area (Å²) in [6.07, 6.45) is 5.71. The Labute approximate surface area is 293 Å². The second-order valence-corrected chi connectivity index (χ2v) is 13.8. The predicted molar refractivity (Wildman–Crippen MR) is 189 cm³/mol. The molecule has 1 aliphatic heterocycles. The molecule has 2 aliphatic rings. The second kappa shape index (κ2) is 15.6. The van der Waals surface area contributed by atoms with Crippen LogP contribution in [0, 0.1) is 0 Å². The standard InChI is InChI=1S/C36H38BrClN4O4S/c1-3-44-30-21-26(20-28(37)33(30)45-19-18-24-12-6-4-7-13-24)32-31(34(43)46-27-15-8-5-9-16-27)23(2)39-35-40-36(41-42(32)35)47-22-25-14-10-11-17-29(25)38/h4,6-7,10-14,17,20-21,27,32H,3,5,8-9,15-16,18-19,22H2,1-2H3,(H,39,40,41). The number of carbonyl (C=O) groups excluding carboxylic acids is 1. The summed E-state index contributed by atoms with van der Waals surface area (Å²) in [5.74, 6) is 1.99. The van der Waals surface area contributed by atoms with E-state index in [1.165, 1.54) is 23.7 Å². The van der Waals surface area contributed by atoms with Crippen molar-refractivity contribution in [2.45, 2.75) is 75.4 Å². The van der Waals surface area contributed by atoms with Crippen LogP contribution in [0.1, 0.15) is 68.7 Å². The van der Waals surface area contributed by atoms with Crippen molar-refractivity contribution < 1.29 is 19.0 Å². The third kappa shape index (κ3) is 7.99. The van der Waals surface area contributed by atoms with Gasteiger partial charge in [0, 0.05) is 22.9 Å². The molecule has 4 aromatic rings. The average molecular weight is 738 g/mol. The molecule has 3 aromatic carbocycles. The Hall–Kier alpha value is -3.47. The Bertz CT molecular complexity index is 1740. The molecule has 1 saturated carbocycles. The number of nitrogens with one attached hydrogen (secondary N) is 1. The van der Waals surface area contributed by atoms with Crippen molar-refractivity contribution in [3.63, 3.8) is 0 Å². The van der Waals surface area contributed by atoms with Crippen LogP contribution in [0.4, 0.5) is 5.95 Å². The van der Waals surface area contributed by atoms with Gasteiger partial charge in [0.05, 0.1) is 23.3 Å². The largest absolute Gasteiger partial charge is 0.490 e. The summed E-state index contributed by atoms with van der Waals surface area (Å²) in [6, 6.07) is 21.3. The lowest BCUT2D eigenvalue weighted by Crippen LogP contribution is -2.32. The van der Waals surface area contributed by atoms with Crippen molar-refractivity contribution in [2.24, 2.45) is 0 Å². The number of esters is 1. The minimum absolute atomic E-state index is 0.0952. The molecule has 1 fully saturated rings. The van der Waals surface area contributed by atoms with E-state index in [-0.39, 0.29) is 12.1 Å². The third-order valence-corrected chi connectivity index (χ3v) is 10.2. The molecule has 1 N–H and O–H groups in total. The van der Waals surface area contributed by atoms with Crippen molar-refractivity contribution in [1.29, 1.82) is 0 Å². The zero-order valence-electron chi connectivity index (χ0n) is 26.5. The maximum absolute atomic E-state index is 14.0. The maximum Gasteiger partial charge on any atom is 0.338 e. The van der Waals surface area contributed by atoms with Gasteiger partial charge in [0.15, 0.2) is 11.5 Å². The highest BCUT2D eigenvalue weighted by atomic mass is 79.9. The lowest BCUT2D eigenvalue weighted by atomic mass is 9.94. The number of ether oxygens (including phenoxy) is 3. The number of nitrogens with zero attached hydrogens (tertiary/aromatic N) is 3. The monoisotopic (exact) mass is 736 g/mol. The minimum Gasteiger partial charge on any atom is -0.490 e. The lowest BCUT2D eigenvalue weighted by molar-refractivity contribution is -0.146. The van der Waals surface area contributed by atoms with E-state index in [1.807, 2.05) is 68.4 Å². The van der Waals surface area contributed by atoms with Gasteiger partial charge in [-0.25, -0.2) is 9.48 Å². The zero-order chi connectivity index (χ0) is 32.8. The molecule has 2 heterocycles. The number of hydrogen-bond donors (Lipinski definition) is 1. The van der Waals surface area contributed by atoms with Crippen LogP contribution >= 0.6 is 39.3 Å². The zero-order valence-corrected chi connectivity index (χ0v) is 29.7. The Morgan fingerprint density at radius 2 is 1.83 bits per heavy atom. The molecule has 0 bridgehead atoms. The number of rotatable bonds is 12. The van der Waals surface area contributed by atoms with Crippen molar-refractivity contribution in [1.82, 2.24) is 14.8 Å². The van der Waals surface area contributed by atoms with Gasteiger partial charge in [0.1, 0.15) is 12.1 Å². The summed E-state index contributed by atoms with van der Waals surface area (Å²) in [4.78, 5) is 18.8. The van der Waals surface area contributed by atoms with Crippen molar-refractivity contribution in [3.8, 4) is 11.5 Å². The summed E-state index contributed by atoms with van der Waals surface area (Å²) in [5.41, 5.74) is 4.14. The summed E-state index contributed by atoms with van der Waals surface area (Å²) in [7, 11) is 0. The SMILES string of the molecule is CCOc1cc(C2C(C(=O)OC3CCCCC3)=C(C)Nc3nc(SCc4ccccc4Cl)nn32)cc(Br)c1OCCc1ccccc1. The molecule has 246 valence electrons. The molecule has 47 heavy (non-hydrogen) atoms. The lowest BCUT2D eigenvalue weighted by Gasteiger charge is -2.30. The fourth-order valence-electron chi connectivity index (χ4n) is 5.99. The summed E-state index contributed by atoms with van der Waals surface area (Å²) < 4.78 is 21.0. The second-order valence-electron chi connectivity index (χ2n) is 11.6. The van der Waals surface area contributed by atoms with Crippen LogP contribution in [0.5, 0.6) is 11.5 Å². The first-order valence-corrected chi connectivity index (χ1v) is 18.2. The topological polar surface area (TPSA) is 87.5 Å². The average Bonchev–Trinajstić information content (AvgIpc) is 3.48.